The maximum atomic E-state index is 12.0. The molecule has 0 aliphatic rings. The van der Waals surface area contributed by atoms with Gasteiger partial charge in [-0.15, -0.1) is 0 Å². The van der Waals surface area contributed by atoms with Gasteiger partial charge < -0.3 is 11.1 Å². The molecular weight excluding hydrogens is 268 g/mol. The van der Waals surface area contributed by atoms with Crippen molar-refractivity contribution in [3.63, 3.8) is 0 Å². The molecule has 0 aliphatic heterocycles. The van der Waals surface area contributed by atoms with Crippen molar-refractivity contribution in [3.8, 4) is 0 Å². The van der Waals surface area contributed by atoms with Gasteiger partial charge in [-0.1, -0.05) is 11.6 Å². The highest BCUT2D eigenvalue weighted by Crippen LogP contribution is 2.10. The summed E-state index contributed by atoms with van der Waals surface area (Å²) in [7, 11) is 0. The molecule has 2 aromatic rings. The van der Waals surface area contributed by atoms with Gasteiger partial charge in [0.2, 0.25) is 0 Å². The standard InChI is InChI=1S/C11H15ClN6O/c1-2-18-10(9(13)6-16-18)11(19)14-3-4-17-7-8(12)5-15-17/h5-7H,2-4,13H2,1H3,(H,14,19). The van der Waals surface area contributed by atoms with Crippen molar-refractivity contribution in [1.82, 2.24) is 24.9 Å². The van der Waals surface area contributed by atoms with Crippen molar-refractivity contribution >= 4 is 23.2 Å². The summed E-state index contributed by atoms with van der Waals surface area (Å²) in [5.74, 6) is -0.241. The zero-order valence-electron chi connectivity index (χ0n) is 10.5. The van der Waals surface area contributed by atoms with E-state index in [1.54, 1.807) is 21.8 Å². The van der Waals surface area contributed by atoms with Crippen LogP contribution in [0.25, 0.3) is 0 Å². The highest BCUT2D eigenvalue weighted by Gasteiger charge is 2.15. The number of nitrogens with zero attached hydrogens (tertiary/aromatic N) is 4. The van der Waals surface area contributed by atoms with E-state index in [-0.39, 0.29) is 5.91 Å². The average Bonchev–Trinajstić information content (AvgIpc) is 2.95. The molecule has 0 radical (unpaired) electrons. The van der Waals surface area contributed by atoms with Crippen LogP contribution >= 0.6 is 11.6 Å². The number of amides is 1. The van der Waals surface area contributed by atoms with Gasteiger partial charge in [0, 0.05) is 19.3 Å². The highest BCUT2D eigenvalue weighted by atomic mass is 35.5. The largest absolute Gasteiger partial charge is 0.396 e. The Bertz CT molecular complexity index is 576. The van der Waals surface area contributed by atoms with E-state index in [9.17, 15) is 4.79 Å². The van der Waals surface area contributed by atoms with Crippen molar-refractivity contribution in [1.29, 1.82) is 0 Å². The topological polar surface area (TPSA) is 90.8 Å². The molecule has 8 heteroatoms. The van der Waals surface area contributed by atoms with Gasteiger partial charge in [0.15, 0.2) is 0 Å². The summed E-state index contributed by atoms with van der Waals surface area (Å²) < 4.78 is 3.22. The highest BCUT2D eigenvalue weighted by molar-refractivity contribution is 6.30. The molecule has 0 unspecified atom stereocenters. The number of aromatic nitrogens is 4. The van der Waals surface area contributed by atoms with E-state index in [4.69, 9.17) is 17.3 Å². The fourth-order valence-electron chi connectivity index (χ4n) is 1.72. The molecule has 0 fully saturated rings. The van der Waals surface area contributed by atoms with Crippen molar-refractivity contribution < 1.29 is 4.79 Å². The third-order valence-corrected chi connectivity index (χ3v) is 2.81. The molecule has 0 saturated heterocycles. The number of hydrogen-bond acceptors (Lipinski definition) is 4. The quantitative estimate of drug-likeness (QED) is 0.847. The summed E-state index contributed by atoms with van der Waals surface area (Å²) in [5.41, 5.74) is 6.49. The van der Waals surface area contributed by atoms with E-state index in [0.29, 0.717) is 36.0 Å². The molecule has 0 aromatic carbocycles. The first kappa shape index (κ1) is 13.4. The molecule has 1 amide bonds. The van der Waals surface area contributed by atoms with E-state index in [0.717, 1.165) is 0 Å². The third-order valence-electron chi connectivity index (χ3n) is 2.61. The second-order valence-corrected chi connectivity index (χ2v) is 4.38. The lowest BCUT2D eigenvalue weighted by atomic mass is 10.3. The summed E-state index contributed by atoms with van der Waals surface area (Å²) in [6, 6.07) is 0. The zero-order chi connectivity index (χ0) is 13.8. The van der Waals surface area contributed by atoms with Gasteiger partial charge in [-0.05, 0) is 6.92 Å². The maximum Gasteiger partial charge on any atom is 0.271 e. The number of carbonyl (C=O) groups excluding carboxylic acids is 1. The molecule has 3 N–H and O–H groups in total. The Morgan fingerprint density at radius 3 is 2.89 bits per heavy atom. The number of nitrogens with one attached hydrogen (secondary N) is 1. The lowest BCUT2D eigenvalue weighted by Crippen LogP contribution is -2.30. The first-order valence-electron chi connectivity index (χ1n) is 5.89. The van der Waals surface area contributed by atoms with Crippen LogP contribution in [-0.4, -0.2) is 32.0 Å². The van der Waals surface area contributed by atoms with Crippen molar-refractivity contribution in [3.05, 3.63) is 29.3 Å². The Balaban J connectivity index is 1.92. The molecule has 102 valence electrons. The summed E-state index contributed by atoms with van der Waals surface area (Å²) in [4.78, 5) is 12.0. The number of rotatable bonds is 5. The van der Waals surface area contributed by atoms with Gasteiger partial charge in [-0.25, -0.2) is 0 Å². The minimum absolute atomic E-state index is 0.241. The van der Waals surface area contributed by atoms with Gasteiger partial charge in [-0.3, -0.25) is 14.2 Å². The van der Waals surface area contributed by atoms with E-state index < -0.39 is 0 Å². The number of nitrogens with two attached hydrogens (primary N) is 1. The third kappa shape index (κ3) is 3.05. The summed E-state index contributed by atoms with van der Waals surface area (Å²) >= 11 is 5.74. The normalized spacial score (nSPS) is 10.6. The van der Waals surface area contributed by atoms with Crippen LogP contribution in [0.5, 0.6) is 0 Å². The van der Waals surface area contributed by atoms with Gasteiger partial charge in [-0.2, -0.15) is 10.2 Å². The summed E-state index contributed by atoms with van der Waals surface area (Å²) in [5, 5.41) is 11.4. The minimum Gasteiger partial charge on any atom is -0.396 e. The molecule has 7 nitrogen and oxygen atoms in total. The number of aryl methyl sites for hydroxylation is 1. The fraction of sp³-hybridized carbons (Fsp3) is 0.364. The Kier molecular flexibility index (Phi) is 4.06. The van der Waals surface area contributed by atoms with Crippen LogP contribution in [0.3, 0.4) is 0 Å². The molecule has 0 aliphatic carbocycles. The molecule has 2 rings (SSSR count). The van der Waals surface area contributed by atoms with Gasteiger partial charge in [0.25, 0.3) is 5.91 Å². The lowest BCUT2D eigenvalue weighted by Gasteiger charge is -2.07. The minimum atomic E-state index is -0.241. The number of halogens is 1. The van der Waals surface area contributed by atoms with E-state index in [1.807, 2.05) is 6.92 Å². The molecule has 0 spiro atoms. The Labute approximate surface area is 115 Å². The SMILES string of the molecule is CCn1ncc(N)c1C(=O)NCCn1cc(Cl)cn1. The fourth-order valence-corrected chi connectivity index (χ4v) is 1.87. The van der Waals surface area contributed by atoms with E-state index >= 15 is 0 Å². The van der Waals surface area contributed by atoms with Crippen molar-refractivity contribution in [2.45, 2.75) is 20.0 Å². The zero-order valence-corrected chi connectivity index (χ0v) is 11.3. The van der Waals surface area contributed by atoms with Gasteiger partial charge >= 0.3 is 0 Å². The second-order valence-electron chi connectivity index (χ2n) is 3.94. The average molecular weight is 283 g/mol. The van der Waals surface area contributed by atoms with E-state index in [1.165, 1.54) is 6.20 Å². The van der Waals surface area contributed by atoms with Gasteiger partial charge in [0.05, 0.1) is 29.6 Å². The molecule has 0 bridgehead atoms. The predicted octanol–water partition coefficient (Wildman–Crippen LogP) is 0.765. The van der Waals surface area contributed by atoms with Crippen molar-refractivity contribution in [2.75, 3.05) is 12.3 Å². The van der Waals surface area contributed by atoms with Crippen LogP contribution in [0, 0.1) is 0 Å². The predicted molar refractivity (Wildman–Crippen MR) is 71.9 cm³/mol. The molecule has 2 heterocycles. The van der Waals surface area contributed by atoms with Crippen LogP contribution in [0.2, 0.25) is 5.02 Å². The first-order valence-corrected chi connectivity index (χ1v) is 6.27. The monoisotopic (exact) mass is 282 g/mol. The number of anilines is 1. The molecule has 0 saturated carbocycles. The Hall–Kier alpha value is -2.02. The van der Waals surface area contributed by atoms with Gasteiger partial charge in [0.1, 0.15) is 5.69 Å². The van der Waals surface area contributed by atoms with Crippen LogP contribution in [0.15, 0.2) is 18.6 Å². The Morgan fingerprint density at radius 1 is 1.47 bits per heavy atom. The maximum absolute atomic E-state index is 12.0. The Morgan fingerprint density at radius 2 is 2.26 bits per heavy atom. The number of carbonyl (C=O) groups is 1. The smallest absolute Gasteiger partial charge is 0.271 e. The van der Waals surface area contributed by atoms with Crippen LogP contribution in [0.1, 0.15) is 17.4 Å². The molecule has 19 heavy (non-hydrogen) atoms. The first-order chi connectivity index (χ1) is 9.11. The van der Waals surface area contributed by atoms with Crippen molar-refractivity contribution in [2.24, 2.45) is 0 Å². The van der Waals surface area contributed by atoms with Crippen LogP contribution < -0.4 is 11.1 Å². The summed E-state index contributed by atoms with van der Waals surface area (Å²) in [6.45, 7) is 3.47. The van der Waals surface area contributed by atoms with Crippen LogP contribution in [-0.2, 0) is 13.1 Å². The van der Waals surface area contributed by atoms with E-state index in [2.05, 4.69) is 15.5 Å². The van der Waals surface area contributed by atoms with Crippen LogP contribution in [0.4, 0.5) is 5.69 Å². The molecule has 2 aromatic heterocycles. The number of nitrogen functional groups attached to an aromatic ring is 1. The second kappa shape index (κ2) is 5.75. The molecule has 0 atom stereocenters. The number of hydrogen-bond donors (Lipinski definition) is 2. The summed E-state index contributed by atoms with van der Waals surface area (Å²) in [6.07, 6.45) is 4.72. The lowest BCUT2D eigenvalue weighted by molar-refractivity contribution is 0.0942. The molecular formula is C11H15ClN6O.